The first kappa shape index (κ1) is 27.4. The van der Waals surface area contributed by atoms with Gasteiger partial charge in [-0.1, -0.05) is 18.2 Å². The fourth-order valence-electron chi connectivity index (χ4n) is 5.95. The summed E-state index contributed by atoms with van der Waals surface area (Å²) in [5.74, 6) is 1.01. The molecule has 5 heterocycles. The zero-order valence-electron chi connectivity index (χ0n) is 23.4. The van der Waals surface area contributed by atoms with Crippen molar-refractivity contribution in [2.75, 3.05) is 37.8 Å². The van der Waals surface area contributed by atoms with Crippen molar-refractivity contribution in [2.24, 2.45) is 5.92 Å². The van der Waals surface area contributed by atoms with Crippen molar-refractivity contribution in [3.63, 3.8) is 0 Å². The number of hydrogen-bond acceptors (Lipinski definition) is 8. The highest BCUT2D eigenvalue weighted by Gasteiger charge is 2.25. The summed E-state index contributed by atoms with van der Waals surface area (Å²) in [6.45, 7) is 6.13. The third-order valence-corrected chi connectivity index (χ3v) is 8.04. The summed E-state index contributed by atoms with van der Waals surface area (Å²) in [4.78, 5) is 22.8. The van der Waals surface area contributed by atoms with Crippen LogP contribution in [0.3, 0.4) is 0 Å². The Morgan fingerprint density at radius 2 is 1.80 bits per heavy atom. The standard InChI is InChI=1S/C31H36FN7O2/c1-22-33-18-29(38(22)26-11-14-41-15-12-26)30-28(32)17-35-31(36-30)39(25-7-3-2-4-8-25)27-10-9-24(34-16-27)20-37-13-5-6-23(19-37)21-40/h2-4,7-10,16-18,23,26,40H,5-6,11-15,19-21H2,1H3. The molecule has 2 saturated heterocycles. The molecule has 4 aromatic rings. The monoisotopic (exact) mass is 557 g/mol. The molecule has 6 rings (SSSR count). The normalized spacial score (nSPS) is 18.5. The van der Waals surface area contributed by atoms with Crippen LogP contribution in [0.25, 0.3) is 11.4 Å². The molecule has 2 aliphatic rings. The van der Waals surface area contributed by atoms with Crippen LogP contribution in [0.2, 0.25) is 0 Å². The Kier molecular flexibility index (Phi) is 8.31. The van der Waals surface area contributed by atoms with Gasteiger partial charge in [0.1, 0.15) is 11.5 Å². The van der Waals surface area contributed by atoms with Crippen molar-refractivity contribution in [3.8, 4) is 11.4 Å². The number of benzene rings is 1. The Morgan fingerprint density at radius 1 is 0.976 bits per heavy atom. The lowest BCUT2D eigenvalue weighted by atomic mass is 9.99. The Balaban J connectivity index is 1.33. The molecule has 2 aliphatic heterocycles. The Morgan fingerprint density at radius 3 is 2.56 bits per heavy atom. The van der Waals surface area contributed by atoms with Gasteiger partial charge in [0, 0.05) is 44.6 Å². The van der Waals surface area contributed by atoms with Crippen LogP contribution in [0, 0.1) is 18.7 Å². The Bertz CT molecular complexity index is 1440. The first-order chi connectivity index (χ1) is 20.1. The molecular weight excluding hydrogens is 521 g/mol. The average molecular weight is 558 g/mol. The van der Waals surface area contributed by atoms with E-state index in [4.69, 9.17) is 14.7 Å². The second kappa shape index (κ2) is 12.4. The molecule has 1 aromatic carbocycles. The molecule has 0 aliphatic carbocycles. The molecule has 0 radical (unpaired) electrons. The van der Waals surface area contributed by atoms with Crippen LogP contribution < -0.4 is 4.90 Å². The summed E-state index contributed by atoms with van der Waals surface area (Å²) in [5.41, 5.74) is 3.43. The van der Waals surface area contributed by atoms with E-state index in [0.29, 0.717) is 30.8 Å². The molecule has 0 saturated carbocycles. The number of anilines is 3. The molecule has 0 spiro atoms. The number of imidazole rings is 1. The van der Waals surface area contributed by atoms with E-state index in [2.05, 4.69) is 19.4 Å². The van der Waals surface area contributed by atoms with Gasteiger partial charge in [0.15, 0.2) is 5.82 Å². The fourth-order valence-corrected chi connectivity index (χ4v) is 5.95. The molecule has 2 fully saturated rings. The number of ether oxygens (including phenoxy) is 1. The summed E-state index contributed by atoms with van der Waals surface area (Å²) >= 11 is 0. The first-order valence-electron chi connectivity index (χ1n) is 14.4. The summed E-state index contributed by atoms with van der Waals surface area (Å²) in [6, 6.07) is 14.0. The maximum absolute atomic E-state index is 15.4. The maximum Gasteiger partial charge on any atom is 0.235 e. The number of pyridine rings is 1. The lowest BCUT2D eigenvalue weighted by Gasteiger charge is -2.31. The van der Waals surface area contributed by atoms with Gasteiger partial charge in [0.05, 0.1) is 35.7 Å². The molecule has 0 bridgehead atoms. The third kappa shape index (κ3) is 6.00. The highest BCUT2D eigenvalue weighted by Crippen LogP contribution is 2.35. The molecule has 1 N–H and O–H groups in total. The van der Waals surface area contributed by atoms with E-state index in [-0.39, 0.29) is 18.3 Å². The molecule has 0 amide bonds. The number of aromatic nitrogens is 5. The van der Waals surface area contributed by atoms with Crippen LogP contribution >= 0.6 is 0 Å². The molecule has 1 unspecified atom stereocenters. The topological polar surface area (TPSA) is 92.4 Å². The average Bonchev–Trinajstić information content (AvgIpc) is 3.41. The minimum absolute atomic E-state index is 0.175. The number of aliphatic hydroxyl groups is 1. The van der Waals surface area contributed by atoms with Crippen molar-refractivity contribution in [3.05, 3.63) is 78.4 Å². The fraction of sp³-hybridized carbons (Fsp3) is 0.419. The first-order valence-corrected chi connectivity index (χ1v) is 14.4. The number of aryl methyl sites for hydroxylation is 1. The van der Waals surface area contributed by atoms with Crippen molar-refractivity contribution >= 4 is 17.3 Å². The van der Waals surface area contributed by atoms with Crippen LogP contribution in [-0.4, -0.2) is 67.4 Å². The lowest BCUT2D eigenvalue weighted by molar-refractivity contribution is 0.0694. The van der Waals surface area contributed by atoms with Gasteiger partial charge in [-0.05, 0) is 69.3 Å². The van der Waals surface area contributed by atoms with E-state index in [9.17, 15) is 5.11 Å². The Hall–Kier alpha value is -3.73. The zero-order valence-corrected chi connectivity index (χ0v) is 23.4. The summed E-state index contributed by atoms with van der Waals surface area (Å²) in [6.07, 6.45) is 8.60. The van der Waals surface area contributed by atoms with Gasteiger partial charge in [-0.2, -0.15) is 0 Å². The lowest BCUT2D eigenvalue weighted by Crippen LogP contribution is -2.36. The number of rotatable bonds is 8. The quantitative estimate of drug-likeness (QED) is 0.316. The second-order valence-corrected chi connectivity index (χ2v) is 10.9. The van der Waals surface area contributed by atoms with Gasteiger partial charge in [0.25, 0.3) is 0 Å². The van der Waals surface area contributed by atoms with Crippen molar-refractivity contribution < 1.29 is 14.2 Å². The van der Waals surface area contributed by atoms with Crippen molar-refractivity contribution in [2.45, 2.75) is 45.2 Å². The van der Waals surface area contributed by atoms with Crippen LogP contribution in [0.15, 0.2) is 61.1 Å². The zero-order chi connectivity index (χ0) is 28.2. The summed E-state index contributed by atoms with van der Waals surface area (Å²) in [5, 5.41) is 9.59. The van der Waals surface area contributed by atoms with Crippen LogP contribution in [0.5, 0.6) is 0 Å². The van der Waals surface area contributed by atoms with Gasteiger partial charge in [0.2, 0.25) is 5.95 Å². The van der Waals surface area contributed by atoms with Gasteiger partial charge in [-0.3, -0.25) is 14.8 Å². The van der Waals surface area contributed by atoms with Gasteiger partial charge in [-0.25, -0.2) is 19.3 Å². The van der Waals surface area contributed by atoms with Gasteiger partial charge >= 0.3 is 0 Å². The molecule has 10 heteroatoms. The van der Waals surface area contributed by atoms with Crippen molar-refractivity contribution in [1.29, 1.82) is 0 Å². The largest absolute Gasteiger partial charge is 0.396 e. The van der Waals surface area contributed by atoms with Crippen LogP contribution in [0.4, 0.5) is 21.7 Å². The number of para-hydroxylation sites is 1. The molecule has 1 atom stereocenters. The van der Waals surface area contributed by atoms with E-state index < -0.39 is 5.82 Å². The number of aliphatic hydroxyl groups excluding tert-OH is 1. The minimum Gasteiger partial charge on any atom is -0.396 e. The number of hydrogen-bond donors (Lipinski definition) is 1. The minimum atomic E-state index is -0.494. The van der Waals surface area contributed by atoms with E-state index in [0.717, 1.165) is 68.2 Å². The predicted molar refractivity (Wildman–Crippen MR) is 155 cm³/mol. The van der Waals surface area contributed by atoms with E-state index in [1.54, 1.807) is 6.20 Å². The number of piperidine rings is 1. The number of nitrogens with zero attached hydrogens (tertiary/aromatic N) is 7. The SMILES string of the molecule is Cc1ncc(-c2nc(N(c3ccccc3)c3ccc(CN4CCCC(CO)C4)nc3)ncc2F)n1C1CCOCC1. The smallest absolute Gasteiger partial charge is 0.235 e. The third-order valence-electron chi connectivity index (χ3n) is 8.04. The van der Waals surface area contributed by atoms with E-state index in [1.165, 1.54) is 6.20 Å². The maximum atomic E-state index is 15.4. The van der Waals surface area contributed by atoms with E-state index >= 15 is 4.39 Å². The summed E-state index contributed by atoms with van der Waals surface area (Å²) < 4.78 is 23.0. The molecule has 9 nitrogen and oxygen atoms in total. The summed E-state index contributed by atoms with van der Waals surface area (Å²) in [7, 11) is 0. The van der Waals surface area contributed by atoms with Crippen LogP contribution in [-0.2, 0) is 11.3 Å². The van der Waals surface area contributed by atoms with Gasteiger partial charge in [-0.15, -0.1) is 0 Å². The number of likely N-dealkylation sites (tertiary alicyclic amines) is 1. The number of halogens is 1. The molecular formula is C31H36FN7O2. The molecule has 3 aromatic heterocycles. The second-order valence-electron chi connectivity index (χ2n) is 10.9. The van der Waals surface area contributed by atoms with Crippen molar-refractivity contribution in [1.82, 2.24) is 29.4 Å². The van der Waals surface area contributed by atoms with Crippen LogP contribution in [0.1, 0.15) is 43.2 Å². The van der Waals surface area contributed by atoms with E-state index in [1.807, 2.05) is 60.5 Å². The predicted octanol–water partition coefficient (Wildman–Crippen LogP) is 5.21. The highest BCUT2D eigenvalue weighted by atomic mass is 19.1. The Labute approximate surface area is 239 Å². The molecule has 214 valence electrons. The molecule has 41 heavy (non-hydrogen) atoms. The van der Waals surface area contributed by atoms with Gasteiger partial charge < -0.3 is 14.4 Å². The highest BCUT2D eigenvalue weighted by molar-refractivity contribution is 5.73.